The minimum absolute atomic E-state index is 0.201. The van der Waals surface area contributed by atoms with Crippen LogP contribution in [-0.4, -0.2) is 65.3 Å². The van der Waals surface area contributed by atoms with Crippen molar-refractivity contribution in [3.63, 3.8) is 0 Å². The van der Waals surface area contributed by atoms with E-state index in [9.17, 15) is 9.50 Å². The SMILES string of the molecule is OC1CCN(CCn2ncc3c2CCc2c-3sc3ncnc(Nc4ccc5c(cnn5Cc5cccc(F)c5)c4)c23)C1. The zero-order valence-corrected chi connectivity index (χ0v) is 23.7. The van der Waals surface area contributed by atoms with Crippen LogP contribution in [0.2, 0.25) is 0 Å². The summed E-state index contributed by atoms with van der Waals surface area (Å²) in [6, 6.07) is 12.8. The molecule has 1 aliphatic heterocycles. The van der Waals surface area contributed by atoms with Crippen LogP contribution < -0.4 is 5.32 Å². The molecule has 1 aliphatic carbocycles. The highest BCUT2D eigenvalue weighted by Crippen LogP contribution is 2.45. The fourth-order valence-corrected chi connectivity index (χ4v) is 7.55. The lowest BCUT2D eigenvalue weighted by Crippen LogP contribution is -2.27. The number of benzene rings is 2. The van der Waals surface area contributed by atoms with Crippen molar-refractivity contribution in [2.45, 2.75) is 38.5 Å². The van der Waals surface area contributed by atoms with Crippen LogP contribution in [0.4, 0.5) is 15.9 Å². The molecule has 2 aliphatic rings. The Balaban J connectivity index is 1.06. The summed E-state index contributed by atoms with van der Waals surface area (Å²) in [5.74, 6) is 0.554. The first-order valence-electron chi connectivity index (χ1n) is 14.3. The average molecular weight is 581 g/mol. The van der Waals surface area contributed by atoms with Crippen molar-refractivity contribution < 1.29 is 9.50 Å². The highest BCUT2D eigenvalue weighted by molar-refractivity contribution is 7.22. The van der Waals surface area contributed by atoms with Crippen molar-refractivity contribution in [3.8, 4) is 10.4 Å². The van der Waals surface area contributed by atoms with Crippen LogP contribution in [0.15, 0.2) is 61.2 Å². The molecule has 1 unspecified atom stereocenters. The number of likely N-dealkylation sites (tertiary alicyclic amines) is 1. The van der Waals surface area contributed by atoms with E-state index in [0.29, 0.717) is 6.54 Å². The average Bonchev–Trinajstić information content (AvgIpc) is 3.77. The van der Waals surface area contributed by atoms with Gasteiger partial charge in [0.15, 0.2) is 0 Å². The maximum absolute atomic E-state index is 13.7. The fraction of sp³-hybridized carbons (Fsp3) is 0.290. The van der Waals surface area contributed by atoms with Crippen LogP contribution in [0.1, 0.15) is 23.2 Å². The van der Waals surface area contributed by atoms with Gasteiger partial charge < -0.3 is 10.4 Å². The van der Waals surface area contributed by atoms with Crippen LogP contribution in [0.5, 0.6) is 0 Å². The highest BCUT2D eigenvalue weighted by atomic mass is 32.1. The van der Waals surface area contributed by atoms with Gasteiger partial charge in [-0.25, -0.2) is 14.4 Å². The Bertz CT molecular complexity index is 1940. The van der Waals surface area contributed by atoms with Gasteiger partial charge in [-0.3, -0.25) is 14.3 Å². The molecule has 2 aromatic carbocycles. The quantitative estimate of drug-likeness (QED) is 0.274. The van der Waals surface area contributed by atoms with Crippen LogP contribution in [-0.2, 0) is 25.9 Å². The van der Waals surface area contributed by atoms with Crippen LogP contribution >= 0.6 is 11.3 Å². The van der Waals surface area contributed by atoms with Crippen LogP contribution in [0.25, 0.3) is 31.6 Å². The Morgan fingerprint density at radius 2 is 1.95 bits per heavy atom. The number of hydrogen-bond donors (Lipinski definition) is 2. The van der Waals surface area contributed by atoms with E-state index in [1.165, 1.54) is 27.8 Å². The Hall–Kier alpha value is -4.19. The van der Waals surface area contributed by atoms with Gasteiger partial charge in [0.25, 0.3) is 0 Å². The predicted octanol–water partition coefficient (Wildman–Crippen LogP) is 5.00. The van der Waals surface area contributed by atoms with Crippen molar-refractivity contribution >= 4 is 44.0 Å². The largest absolute Gasteiger partial charge is 0.392 e. The number of aliphatic hydroxyl groups excluding tert-OH is 1. The summed E-state index contributed by atoms with van der Waals surface area (Å²) in [4.78, 5) is 13.8. The van der Waals surface area contributed by atoms with E-state index in [2.05, 4.69) is 36.0 Å². The third-order valence-electron chi connectivity index (χ3n) is 8.39. The fourth-order valence-electron chi connectivity index (χ4n) is 6.33. The lowest BCUT2D eigenvalue weighted by molar-refractivity contribution is 0.174. The second kappa shape index (κ2) is 10.3. The molecule has 1 fully saturated rings. The van der Waals surface area contributed by atoms with E-state index in [4.69, 9.17) is 5.10 Å². The Morgan fingerprint density at radius 3 is 2.83 bits per heavy atom. The molecule has 9 nitrogen and oxygen atoms in total. The molecule has 1 saturated heterocycles. The molecular weight excluding hydrogens is 551 g/mol. The van der Waals surface area contributed by atoms with Gasteiger partial charge in [-0.1, -0.05) is 12.1 Å². The van der Waals surface area contributed by atoms with Gasteiger partial charge in [0.1, 0.15) is 22.8 Å². The smallest absolute Gasteiger partial charge is 0.142 e. The highest BCUT2D eigenvalue weighted by Gasteiger charge is 2.27. The summed E-state index contributed by atoms with van der Waals surface area (Å²) >= 11 is 1.70. The normalized spacial score (nSPS) is 16.8. The number of β-amino-alcohol motifs (C(OH)–C–C–N with tert-alkyl or cyclic N) is 1. The predicted molar refractivity (Wildman–Crippen MR) is 162 cm³/mol. The number of aromatic nitrogens is 6. The van der Waals surface area contributed by atoms with Gasteiger partial charge in [0.05, 0.1) is 42.5 Å². The van der Waals surface area contributed by atoms with E-state index in [1.807, 2.05) is 35.3 Å². The Labute approximate surface area is 245 Å². The molecule has 6 aromatic rings. The number of aliphatic hydroxyl groups is 1. The topological polar surface area (TPSA) is 96.9 Å². The van der Waals surface area contributed by atoms with E-state index in [1.54, 1.807) is 29.8 Å². The maximum atomic E-state index is 13.7. The number of anilines is 2. The molecule has 42 heavy (non-hydrogen) atoms. The molecule has 0 radical (unpaired) electrons. The monoisotopic (exact) mass is 580 g/mol. The summed E-state index contributed by atoms with van der Waals surface area (Å²) in [6.45, 7) is 3.93. The molecule has 1 atom stereocenters. The van der Waals surface area contributed by atoms with Crippen molar-refractivity contribution in [2.24, 2.45) is 0 Å². The summed E-state index contributed by atoms with van der Waals surface area (Å²) < 4.78 is 17.7. The molecule has 0 saturated carbocycles. The first-order chi connectivity index (χ1) is 20.6. The van der Waals surface area contributed by atoms with E-state index >= 15 is 0 Å². The number of halogens is 1. The number of nitrogens with zero attached hydrogens (tertiary/aromatic N) is 7. The summed E-state index contributed by atoms with van der Waals surface area (Å²) in [5.41, 5.74) is 6.51. The Morgan fingerprint density at radius 1 is 1.02 bits per heavy atom. The summed E-state index contributed by atoms with van der Waals surface area (Å²) in [6.07, 6.45) is 7.94. The number of fused-ring (bicyclic) bond motifs is 6. The molecule has 2 N–H and O–H groups in total. The number of nitrogens with one attached hydrogen (secondary N) is 1. The van der Waals surface area contributed by atoms with Gasteiger partial charge in [0.2, 0.25) is 0 Å². The number of aryl methyl sites for hydroxylation is 1. The van der Waals surface area contributed by atoms with Crippen molar-refractivity contribution in [2.75, 3.05) is 25.0 Å². The van der Waals surface area contributed by atoms with Gasteiger partial charge in [-0.2, -0.15) is 10.2 Å². The molecule has 11 heteroatoms. The molecule has 212 valence electrons. The second-order valence-electron chi connectivity index (χ2n) is 11.1. The van der Waals surface area contributed by atoms with Gasteiger partial charge in [-0.15, -0.1) is 11.3 Å². The van der Waals surface area contributed by atoms with Crippen molar-refractivity contribution in [1.82, 2.24) is 34.4 Å². The molecule has 0 spiro atoms. The van der Waals surface area contributed by atoms with Gasteiger partial charge >= 0.3 is 0 Å². The molecule has 8 rings (SSSR count). The van der Waals surface area contributed by atoms with Gasteiger partial charge in [0, 0.05) is 46.8 Å². The van der Waals surface area contributed by atoms with Crippen LogP contribution in [0, 0.1) is 5.82 Å². The van der Waals surface area contributed by atoms with Crippen molar-refractivity contribution in [1.29, 1.82) is 0 Å². The van der Waals surface area contributed by atoms with Crippen LogP contribution in [0.3, 0.4) is 0 Å². The summed E-state index contributed by atoms with van der Waals surface area (Å²) in [7, 11) is 0. The first-order valence-corrected chi connectivity index (χ1v) is 15.1. The van der Waals surface area contributed by atoms with Crippen molar-refractivity contribution in [3.05, 3.63) is 83.8 Å². The third kappa shape index (κ3) is 4.54. The minimum Gasteiger partial charge on any atom is -0.392 e. The van der Waals surface area contributed by atoms with E-state index in [0.717, 1.165) is 83.6 Å². The first kappa shape index (κ1) is 25.5. The maximum Gasteiger partial charge on any atom is 0.142 e. The zero-order valence-electron chi connectivity index (χ0n) is 22.9. The third-order valence-corrected chi connectivity index (χ3v) is 9.57. The minimum atomic E-state index is -0.244. The second-order valence-corrected chi connectivity index (χ2v) is 12.1. The molecule has 0 bridgehead atoms. The number of thiophene rings is 1. The lowest BCUT2D eigenvalue weighted by atomic mass is 9.95. The zero-order chi connectivity index (χ0) is 28.2. The summed E-state index contributed by atoms with van der Waals surface area (Å²) in [5, 5.41) is 24.8. The molecular formula is C31H29FN8OS. The lowest BCUT2D eigenvalue weighted by Gasteiger charge is -2.18. The number of rotatable bonds is 7. The van der Waals surface area contributed by atoms with E-state index in [-0.39, 0.29) is 11.9 Å². The molecule has 4 aromatic heterocycles. The standard InChI is InChI=1S/C31H29FN8OS/c32-21-3-1-2-19(12-21)16-40-26-6-4-22(13-20(26)14-35-40)37-30-28-24-5-7-27-25(29(24)42-31(28)34-18-33-30)15-36-39(27)11-10-38-9-8-23(41)17-38/h1-4,6,12-15,18,23,41H,5,7-11,16-17H2,(H,33,34,37). The number of hydrogen-bond acceptors (Lipinski definition) is 8. The Kier molecular flexibility index (Phi) is 6.24. The van der Waals surface area contributed by atoms with Gasteiger partial charge in [-0.05, 0) is 60.7 Å². The molecule has 0 amide bonds. The molecule has 5 heterocycles. The van der Waals surface area contributed by atoms with E-state index < -0.39 is 0 Å².